The zero-order valence-electron chi connectivity index (χ0n) is 25.4. The van der Waals surface area contributed by atoms with Gasteiger partial charge < -0.3 is 34.3 Å². The number of halogens is 2. The molecule has 0 saturated heterocycles. The predicted octanol–water partition coefficient (Wildman–Crippen LogP) is 5.31. The van der Waals surface area contributed by atoms with E-state index in [9.17, 15) is 14.4 Å². The van der Waals surface area contributed by atoms with E-state index in [2.05, 4.69) is 21.2 Å². The van der Waals surface area contributed by atoms with Crippen LogP contribution in [-0.4, -0.2) is 51.6 Å². The quantitative estimate of drug-likeness (QED) is 0.126. The highest BCUT2D eigenvalue weighted by Gasteiger charge is 2.32. The van der Waals surface area contributed by atoms with Gasteiger partial charge in [-0.15, -0.1) is 0 Å². The van der Waals surface area contributed by atoms with Crippen LogP contribution in [0.15, 0.2) is 71.0 Å². The van der Waals surface area contributed by atoms with Gasteiger partial charge in [0.1, 0.15) is 6.61 Å². The number of rotatable bonds is 13. The van der Waals surface area contributed by atoms with Gasteiger partial charge >= 0.3 is 12.0 Å². The Morgan fingerprint density at radius 2 is 1.74 bits per heavy atom. The monoisotopic (exact) mass is 670 g/mol. The number of hydrazone groups is 1. The van der Waals surface area contributed by atoms with Crippen molar-refractivity contribution in [2.24, 2.45) is 5.10 Å². The van der Waals surface area contributed by atoms with Crippen molar-refractivity contribution in [2.75, 3.05) is 27.4 Å². The summed E-state index contributed by atoms with van der Waals surface area (Å²) in [4.78, 5) is 37.3. The van der Waals surface area contributed by atoms with Crippen molar-refractivity contribution < 1.29 is 38.1 Å². The molecule has 0 unspecified atom stereocenters. The first-order valence-electron chi connectivity index (χ1n) is 14.0. The van der Waals surface area contributed by atoms with Crippen LogP contribution in [-0.2, 0) is 20.9 Å². The number of hydrogen-bond acceptors (Lipinski definition) is 9. The van der Waals surface area contributed by atoms with Crippen LogP contribution < -0.4 is 35.0 Å². The first kappa shape index (κ1) is 33.9. The van der Waals surface area contributed by atoms with Crippen molar-refractivity contribution in [3.63, 3.8) is 0 Å². The molecule has 4 rings (SSSR count). The van der Waals surface area contributed by atoms with Crippen molar-refractivity contribution in [1.82, 2.24) is 16.1 Å². The first-order chi connectivity index (χ1) is 22.1. The number of allylic oxidation sites excluding steroid dienone is 1. The molecule has 1 heterocycles. The van der Waals surface area contributed by atoms with Gasteiger partial charge in [-0.25, -0.2) is 15.0 Å². The molecule has 3 N–H and O–H groups in total. The number of urea groups is 1. The van der Waals surface area contributed by atoms with Gasteiger partial charge in [-0.1, -0.05) is 47.5 Å². The molecule has 1 aliphatic heterocycles. The Kier molecular flexibility index (Phi) is 11.7. The fraction of sp³-hybridized carbons (Fsp3) is 0.250. The van der Waals surface area contributed by atoms with Gasteiger partial charge in [0.05, 0.1) is 43.7 Å². The average Bonchev–Trinajstić information content (AvgIpc) is 3.03. The maximum Gasteiger partial charge on any atom is 0.338 e. The van der Waals surface area contributed by atoms with Gasteiger partial charge in [-0.05, 0) is 55.3 Å². The van der Waals surface area contributed by atoms with E-state index in [1.54, 1.807) is 50.2 Å². The van der Waals surface area contributed by atoms with E-state index >= 15 is 0 Å². The Morgan fingerprint density at radius 1 is 0.978 bits per heavy atom. The molecule has 1 aliphatic rings. The van der Waals surface area contributed by atoms with E-state index in [1.165, 1.54) is 20.4 Å². The normalized spacial score (nSPS) is 14.3. The minimum atomic E-state index is -0.788. The highest BCUT2D eigenvalue weighted by molar-refractivity contribution is 6.32. The van der Waals surface area contributed by atoms with E-state index in [4.69, 9.17) is 46.9 Å². The van der Waals surface area contributed by atoms with E-state index in [0.717, 1.165) is 5.56 Å². The Balaban J connectivity index is 1.38. The van der Waals surface area contributed by atoms with Crippen LogP contribution in [0.5, 0.6) is 23.0 Å². The molecule has 0 fully saturated rings. The van der Waals surface area contributed by atoms with Crippen LogP contribution in [0.2, 0.25) is 10.0 Å². The summed E-state index contributed by atoms with van der Waals surface area (Å²) in [6.07, 6.45) is 1.39. The van der Waals surface area contributed by atoms with Crippen molar-refractivity contribution in [1.29, 1.82) is 0 Å². The van der Waals surface area contributed by atoms with E-state index in [1.807, 2.05) is 18.2 Å². The van der Waals surface area contributed by atoms with Gasteiger partial charge in [0.2, 0.25) is 0 Å². The summed E-state index contributed by atoms with van der Waals surface area (Å²) >= 11 is 12.7. The average molecular weight is 672 g/mol. The van der Waals surface area contributed by atoms with Gasteiger partial charge in [-0.2, -0.15) is 5.10 Å². The predicted molar refractivity (Wildman–Crippen MR) is 172 cm³/mol. The fourth-order valence-corrected chi connectivity index (χ4v) is 4.94. The second-order valence-corrected chi connectivity index (χ2v) is 10.5. The molecule has 0 aliphatic carbocycles. The van der Waals surface area contributed by atoms with Crippen LogP contribution in [0.4, 0.5) is 4.79 Å². The second kappa shape index (κ2) is 15.9. The third-order valence-corrected chi connectivity index (χ3v) is 7.28. The molecule has 12 nitrogen and oxygen atoms in total. The largest absolute Gasteiger partial charge is 0.493 e. The smallest absolute Gasteiger partial charge is 0.338 e. The summed E-state index contributed by atoms with van der Waals surface area (Å²) in [6.45, 7) is 3.29. The van der Waals surface area contributed by atoms with Crippen molar-refractivity contribution in [2.45, 2.75) is 26.5 Å². The summed E-state index contributed by atoms with van der Waals surface area (Å²) in [5.41, 5.74) is 4.90. The maximum atomic E-state index is 12.6. The number of ether oxygens (including phenoxy) is 5. The zero-order chi connectivity index (χ0) is 33.2. The molecule has 0 radical (unpaired) electrons. The Bertz CT molecular complexity index is 1680. The van der Waals surface area contributed by atoms with E-state index < -0.39 is 23.9 Å². The first-order valence-corrected chi connectivity index (χ1v) is 14.7. The summed E-state index contributed by atoms with van der Waals surface area (Å²) < 4.78 is 27.6. The molecule has 46 heavy (non-hydrogen) atoms. The number of amides is 3. The molecule has 0 saturated carbocycles. The third-order valence-electron chi connectivity index (χ3n) is 6.63. The number of carbonyl (C=O) groups excluding carboxylic acids is 3. The van der Waals surface area contributed by atoms with Gasteiger partial charge in [0, 0.05) is 16.3 Å². The number of nitrogens with one attached hydrogen (secondary N) is 3. The summed E-state index contributed by atoms with van der Waals surface area (Å²) in [6, 6.07) is 14.1. The standard InChI is InChI=1S/C32H32Cl2N4O8/c1-5-44-31(40)28-18(2)36-32(41)37-29(28)20-10-11-24(25(14-20)42-3)45-17-27(39)38-35-15-19-12-23(34)30(26(13-19)43-4)46-16-21-8-6-7-9-22(21)33/h6-15,29H,5,16-17H2,1-4H3,(H,38,39)(H2,36,37,41)/b35-15-/t29-/m1/s1. The highest BCUT2D eigenvalue weighted by Crippen LogP contribution is 2.37. The second-order valence-electron chi connectivity index (χ2n) is 9.70. The van der Waals surface area contributed by atoms with Crippen LogP contribution in [0.25, 0.3) is 0 Å². The third kappa shape index (κ3) is 8.40. The Hall–Kier alpha value is -4.94. The number of benzene rings is 3. The lowest BCUT2D eigenvalue weighted by atomic mass is 9.95. The highest BCUT2D eigenvalue weighted by atomic mass is 35.5. The number of esters is 1. The molecular formula is C32H32Cl2N4O8. The van der Waals surface area contributed by atoms with Gasteiger partial charge in [0.15, 0.2) is 29.6 Å². The molecule has 0 aromatic heterocycles. The SMILES string of the molecule is CCOC(=O)C1=C(C)NC(=O)N[C@@H]1c1ccc(OCC(=O)N/N=C\c2cc(Cl)c(OCc3ccccc3Cl)c(OC)c2)c(OC)c1. The number of hydrogen-bond donors (Lipinski definition) is 3. The topological polar surface area (TPSA) is 146 Å². The molecule has 1 atom stereocenters. The van der Waals surface area contributed by atoms with Crippen molar-refractivity contribution in [3.8, 4) is 23.0 Å². The van der Waals surface area contributed by atoms with E-state index in [0.29, 0.717) is 33.3 Å². The van der Waals surface area contributed by atoms with Crippen LogP contribution in [0.3, 0.4) is 0 Å². The van der Waals surface area contributed by atoms with Crippen LogP contribution in [0, 0.1) is 0 Å². The minimum absolute atomic E-state index is 0.174. The Morgan fingerprint density at radius 3 is 2.46 bits per heavy atom. The summed E-state index contributed by atoms with van der Waals surface area (Å²) in [5, 5.41) is 10.1. The summed E-state index contributed by atoms with van der Waals surface area (Å²) in [7, 11) is 2.91. The lowest BCUT2D eigenvalue weighted by Gasteiger charge is -2.28. The molecule has 3 aromatic carbocycles. The Labute approximate surface area is 275 Å². The molecular weight excluding hydrogens is 639 g/mol. The minimum Gasteiger partial charge on any atom is -0.493 e. The number of carbonyl (C=O) groups is 3. The lowest BCUT2D eigenvalue weighted by molar-refractivity contribution is -0.139. The molecule has 242 valence electrons. The molecule has 3 aromatic rings. The van der Waals surface area contributed by atoms with Gasteiger partial charge in [0.25, 0.3) is 5.91 Å². The van der Waals surface area contributed by atoms with Gasteiger partial charge in [-0.3, -0.25) is 4.79 Å². The number of methoxy groups -OCH3 is 2. The molecule has 0 spiro atoms. The summed E-state index contributed by atoms with van der Waals surface area (Å²) in [5.74, 6) is 0.134. The molecule has 3 amide bonds. The molecule has 14 heteroatoms. The lowest BCUT2D eigenvalue weighted by Crippen LogP contribution is -2.45. The molecule has 0 bridgehead atoms. The van der Waals surface area contributed by atoms with Crippen molar-refractivity contribution >= 4 is 47.3 Å². The maximum absolute atomic E-state index is 12.6. The van der Waals surface area contributed by atoms with Crippen molar-refractivity contribution in [3.05, 3.63) is 92.6 Å². The van der Waals surface area contributed by atoms with Crippen LogP contribution >= 0.6 is 23.2 Å². The van der Waals surface area contributed by atoms with Crippen LogP contribution in [0.1, 0.15) is 36.6 Å². The zero-order valence-corrected chi connectivity index (χ0v) is 27.0. The van der Waals surface area contributed by atoms with E-state index in [-0.39, 0.29) is 41.9 Å². The number of nitrogens with zero attached hydrogens (tertiary/aromatic N) is 1. The fourth-order valence-electron chi connectivity index (χ4n) is 4.48.